The number of halogens is 3. The van der Waals surface area contributed by atoms with Crippen LogP contribution in [0.3, 0.4) is 0 Å². The molecule has 6 heteroatoms. The molecule has 0 radical (unpaired) electrons. The minimum Gasteiger partial charge on any atom is -0.321 e. The van der Waals surface area contributed by atoms with Crippen molar-refractivity contribution < 1.29 is 9.18 Å². The molecule has 1 N–H and O–H groups in total. The first-order chi connectivity index (χ1) is 9.51. The van der Waals surface area contributed by atoms with Crippen molar-refractivity contribution in [3.8, 4) is 6.07 Å². The number of nitriles is 1. The van der Waals surface area contributed by atoms with Crippen LogP contribution in [0.25, 0.3) is 0 Å². The summed E-state index contributed by atoms with van der Waals surface area (Å²) >= 11 is 6.59. The molecule has 0 aliphatic rings. The topological polar surface area (TPSA) is 52.9 Å². The van der Waals surface area contributed by atoms with Crippen LogP contribution in [-0.2, 0) is 0 Å². The number of rotatable bonds is 2. The Labute approximate surface area is 131 Å². The molecule has 0 saturated carbocycles. The maximum Gasteiger partial charge on any atom is 0.256 e. The van der Waals surface area contributed by atoms with E-state index < -0.39 is 5.82 Å². The molecule has 2 aromatic rings. The predicted octanol–water partition coefficient (Wildman–Crippen LogP) is 4.47. The van der Waals surface area contributed by atoms with Crippen LogP contribution in [0.15, 0.2) is 45.3 Å². The van der Waals surface area contributed by atoms with Gasteiger partial charge in [0.25, 0.3) is 5.91 Å². The molecule has 2 rings (SSSR count). The maximum absolute atomic E-state index is 13.0. The Hall–Kier alpha value is -1.71. The summed E-state index contributed by atoms with van der Waals surface area (Å²) in [5, 5.41) is 11.5. The first-order valence-electron chi connectivity index (χ1n) is 5.47. The highest BCUT2D eigenvalue weighted by Gasteiger charge is 2.13. The highest BCUT2D eigenvalue weighted by atomic mass is 79.9. The summed E-state index contributed by atoms with van der Waals surface area (Å²) in [6.07, 6.45) is 0. The minimum absolute atomic E-state index is 0.0755. The van der Waals surface area contributed by atoms with Crippen LogP contribution in [0, 0.1) is 17.1 Å². The van der Waals surface area contributed by atoms with Gasteiger partial charge in [0.05, 0.1) is 16.8 Å². The quantitative estimate of drug-likeness (QED) is 0.812. The summed E-state index contributed by atoms with van der Waals surface area (Å²) in [6.45, 7) is 0. The summed E-state index contributed by atoms with van der Waals surface area (Å²) < 4.78 is 14.5. The van der Waals surface area contributed by atoms with Gasteiger partial charge in [0.1, 0.15) is 11.9 Å². The molecule has 2 aromatic carbocycles. The van der Waals surface area contributed by atoms with Crippen molar-refractivity contribution in [3.05, 3.63) is 62.3 Å². The van der Waals surface area contributed by atoms with E-state index in [1.807, 2.05) is 6.07 Å². The van der Waals surface area contributed by atoms with E-state index in [1.165, 1.54) is 12.1 Å². The van der Waals surface area contributed by atoms with Crippen LogP contribution < -0.4 is 5.32 Å². The van der Waals surface area contributed by atoms with E-state index in [9.17, 15) is 9.18 Å². The third-order valence-corrected chi connectivity index (χ3v) is 3.68. The van der Waals surface area contributed by atoms with Gasteiger partial charge in [-0.05, 0) is 52.3 Å². The number of nitrogens with zero attached hydrogens (tertiary/aromatic N) is 1. The number of anilines is 1. The maximum atomic E-state index is 13.0. The molecule has 100 valence electrons. The summed E-state index contributed by atoms with van der Waals surface area (Å²) in [6, 6.07) is 10.6. The highest BCUT2D eigenvalue weighted by Crippen LogP contribution is 2.24. The fourth-order valence-corrected chi connectivity index (χ4v) is 2.81. The van der Waals surface area contributed by atoms with Gasteiger partial charge in [-0.25, -0.2) is 4.39 Å². The molecule has 0 aromatic heterocycles. The van der Waals surface area contributed by atoms with Gasteiger partial charge >= 0.3 is 0 Å². The lowest BCUT2D eigenvalue weighted by molar-refractivity contribution is 0.102. The molecule has 0 unspecified atom stereocenters. The van der Waals surface area contributed by atoms with Gasteiger partial charge in [-0.15, -0.1) is 0 Å². The number of nitrogens with one attached hydrogen (secondary N) is 1. The Morgan fingerprint density at radius 2 is 1.95 bits per heavy atom. The zero-order chi connectivity index (χ0) is 14.7. The number of benzene rings is 2. The third-order valence-electron chi connectivity index (χ3n) is 2.53. The Morgan fingerprint density at radius 3 is 2.60 bits per heavy atom. The van der Waals surface area contributed by atoms with Gasteiger partial charge in [-0.3, -0.25) is 4.79 Å². The van der Waals surface area contributed by atoms with Gasteiger partial charge in [-0.2, -0.15) is 5.26 Å². The number of amides is 1. The zero-order valence-electron chi connectivity index (χ0n) is 9.95. The molecule has 0 aliphatic heterocycles. The molecule has 0 saturated heterocycles. The number of hydrogen-bond donors (Lipinski definition) is 1. The van der Waals surface area contributed by atoms with Gasteiger partial charge in [0, 0.05) is 8.95 Å². The number of carbonyl (C=O) groups is 1. The molecule has 0 atom stereocenters. The second kappa shape index (κ2) is 6.16. The van der Waals surface area contributed by atoms with Crippen LogP contribution in [0.5, 0.6) is 0 Å². The number of hydrogen-bond acceptors (Lipinski definition) is 2. The summed E-state index contributed by atoms with van der Waals surface area (Å²) in [7, 11) is 0. The molecule has 0 aliphatic carbocycles. The molecule has 0 heterocycles. The molecule has 1 amide bonds. The number of carbonyl (C=O) groups excluding carboxylic acids is 1. The smallest absolute Gasteiger partial charge is 0.256 e. The Bertz CT molecular complexity index is 726. The van der Waals surface area contributed by atoms with E-state index in [4.69, 9.17) is 5.26 Å². The van der Waals surface area contributed by atoms with Crippen molar-refractivity contribution in [2.45, 2.75) is 0 Å². The summed E-state index contributed by atoms with van der Waals surface area (Å²) in [5.74, 6) is -0.906. The fraction of sp³-hybridized carbons (Fsp3) is 0. The van der Waals surface area contributed by atoms with Crippen LogP contribution in [0.4, 0.5) is 10.1 Å². The Kier molecular flexibility index (Phi) is 4.53. The van der Waals surface area contributed by atoms with E-state index in [1.54, 1.807) is 18.2 Å². The Balaban J connectivity index is 2.31. The first kappa shape index (κ1) is 14.7. The van der Waals surface area contributed by atoms with Crippen LogP contribution in [0.1, 0.15) is 15.9 Å². The normalized spacial score (nSPS) is 9.90. The standard InChI is InChI=1S/C14H7Br2FN2O/c15-9-1-3-11(12(16)6-9)14(20)19-13-4-2-10(17)5-8(13)7-18/h1-6H,(H,19,20). The lowest BCUT2D eigenvalue weighted by Crippen LogP contribution is -2.13. The molecule has 0 bridgehead atoms. The van der Waals surface area contributed by atoms with E-state index in [2.05, 4.69) is 37.2 Å². The SMILES string of the molecule is N#Cc1cc(F)ccc1NC(=O)c1ccc(Br)cc1Br. The van der Waals surface area contributed by atoms with E-state index in [0.717, 1.165) is 10.5 Å². The molecular weight excluding hydrogens is 391 g/mol. The third kappa shape index (κ3) is 3.24. The van der Waals surface area contributed by atoms with Crippen LogP contribution in [0.2, 0.25) is 0 Å². The molecular formula is C14H7Br2FN2O. The average molecular weight is 398 g/mol. The van der Waals surface area contributed by atoms with Gasteiger partial charge in [0.15, 0.2) is 0 Å². The van der Waals surface area contributed by atoms with Crippen molar-refractivity contribution in [2.24, 2.45) is 0 Å². The molecule has 20 heavy (non-hydrogen) atoms. The minimum atomic E-state index is -0.524. The zero-order valence-corrected chi connectivity index (χ0v) is 13.1. The molecule has 3 nitrogen and oxygen atoms in total. The van der Waals surface area contributed by atoms with Crippen molar-refractivity contribution in [1.29, 1.82) is 5.26 Å². The van der Waals surface area contributed by atoms with Gasteiger partial charge in [-0.1, -0.05) is 15.9 Å². The molecule has 0 spiro atoms. The highest BCUT2D eigenvalue weighted by molar-refractivity contribution is 9.11. The van der Waals surface area contributed by atoms with Crippen molar-refractivity contribution in [2.75, 3.05) is 5.32 Å². The van der Waals surface area contributed by atoms with Crippen molar-refractivity contribution >= 4 is 43.5 Å². The lowest BCUT2D eigenvalue weighted by atomic mass is 10.1. The van der Waals surface area contributed by atoms with E-state index >= 15 is 0 Å². The monoisotopic (exact) mass is 396 g/mol. The fourth-order valence-electron chi connectivity index (χ4n) is 1.58. The van der Waals surface area contributed by atoms with E-state index in [-0.39, 0.29) is 17.2 Å². The predicted molar refractivity (Wildman–Crippen MR) is 80.9 cm³/mol. The van der Waals surface area contributed by atoms with Gasteiger partial charge in [0.2, 0.25) is 0 Å². The summed E-state index contributed by atoms with van der Waals surface area (Å²) in [5.41, 5.74) is 0.765. The lowest BCUT2D eigenvalue weighted by Gasteiger charge is -2.08. The second-order valence-electron chi connectivity index (χ2n) is 3.88. The Morgan fingerprint density at radius 1 is 1.20 bits per heavy atom. The van der Waals surface area contributed by atoms with Crippen LogP contribution in [-0.4, -0.2) is 5.91 Å². The van der Waals surface area contributed by atoms with Crippen molar-refractivity contribution in [3.63, 3.8) is 0 Å². The van der Waals surface area contributed by atoms with E-state index in [0.29, 0.717) is 10.0 Å². The largest absolute Gasteiger partial charge is 0.321 e. The first-order valence-corrected chi connectivity index (χ1v) is 7.06. The van der Waals surface area contributed by atoms with Crippen molar-refractivity contribution in [1.82, 2.24) is 0 Å². The van der Waals surface area contributed by atoms with Crippen LogP contribution >= 0.6 is 31.9 Å². The molecule has 0 fully saturated rings. The average Bonchev–Trinajstić information content (AvgIpc) is 2.40. The van der Waals surface area contributed by atoms with Gasteiger partial charge < -0.3 is 5.32 Å². The summed E-state index contributed by atoms with van der Waals surface area (Å²) in [4.78, 5) is 12.1. The second-order valence-corrected chi connectivity index (χ2v) is 5.65.